The molecule has 0 amide bonds. The van der Waals surface area contributed by atoms with Gasteiger partial charge < -0.3 is 0 Å². The predicted molar refractivity (Wildman–Crippen MR) is 60.6 cm³/mol. The Bertz CT molecular complexity index is 432. The highest BCUT2D eigenvalue weighted by Gasteiger charge is 2.07. The zero-order chi connectivity index (χ0) is 10.6. The van der Waals surface area contributed by atoms with Crippen LogP contribution in [0.2, 0.25) is 5.02 Å². The smallest absolute Gasteiger partial charge is 0.101 e. The quantitative estimate of drug-likeness (QED) is 0.491. The largest absolute Gasteiger partial charge is 0.192 e. The van der Waals surface area contributed by atoms with Crippen LogP contribution in [0.5, 0.6) is 0 Å². The number of thioether (sulfide) groups is 1. The molecule has 1 aromatic carbocycles. The summed E-state index contributed by atoms with van der Waals surface area (Å²) in [5.74, 6) is 0. The van der Waals surface area contributed by atoms with Crippen molar-refractivity contribution in [2.45, 2.75) is 4.90 Å². The van der Waals surface area contributed by atoms with Gasteiger partial charge in [-0.05, 0) is 12.1 Å². The van der Waals surface area contributed by atoms with Crippen molar-refractivity contribution >= 4 is 36.0 Å². The molecule has 1 rings (SSSR count). The molecule has 0 N–H and O–H groups in total. The Morgan fingerprint density at radius 3 is 2.36 bits per heavy atom. The molecule has 0 aromatic heterocycles. The van der Waals surface area contributed by atoms with E-state index in [0.717, 1.165) is 4.90 Å². The van der Waals surface area contributed by atoms with E-state index in [1.165, 1.54) is 17.8 Å². The average molecular weight is 241 g/mol. The normalized spacial score (nSPS) is 9.14. The number of hydrogen-bond acceptors (Lipinski definition) is 4. The summed E-state index contributed by atoms with van der Waals surface area (Å²) in [4.78, 5) is 0.775. The number of rotatable bonds is 2. The van der Waals surface area contributed by atoms with E-state index in [1.807, 2.05) is 12.1 Å². The molecule has 0 aliphatic heterocycles. The number of hydrogen-bond donors (Lipinski definition) is 1. The summed E-state index contributed by atoms with van der Waals surface area (Å²) >= 11 is 11.4. The number of benzene rings is 1. The lowest BCUT2D eigenvalue weighted by Crippen LogP contribution is -1.86. The van der Waals surface area contributed by atoms with Crippen molar-refractivity contribution in [3.05, 3.63) is 28.3 Å². The SMILES string of the molecule is N#Cc1cc(Cl)c(SCS)cc1C#N. The van der Waals surface area contributed by atoms with Crippen LogP contribution in [0.1, 0.15) is 11.1 Å². The van der Waals surface area contributed by atoms with Gasteiger partial charge in [-0.25, -0.2) is 0 Å². The Morgan fingerprint density at radius 1 is 1.29 bits per heavy atom. The molecule has 2 nitrogen and oxygen atoms in total. The van der Waals surface area contributed by atoms with Crippen LogP contribution in [0, 0.1) is 22.7 Å². The first-order valence-electron chi connectivity index (χ1n) is 3.60. The fourth-order valence-electron chi connectivity index (χ4n) is 0.919. The average Bonchev–Trinajstić information content (AvgIpc) is 2.20. The van der Waals surface area contributed by atoms with Gasteiger partial charge in [0.25, 0.3) is 0 Å². The molecular formula is C9H5ClN2S2. The van der Waals surface area contributed by atoms with Gasteiger partial charge in [0.1, 0.15) is 12.1 Å². The van der Waals surface area contributed by atoms with Gasteiger partial charge in [0.05, 0.1) is 16.1 Å². The maximum absolute atomic E-state index is 8.76. The molecule has 0 heterocycles. The Labute approximate surface area is 96.9 Å². The number of nitrogens with zero attached hydrogens (tertiary/aromatic N) is 2. The van der Waals surface area contributed by atoms with Crippen LogP contribution in [0.15, 0.2) is 17.0 Å². The van der Waals surface area contributed by atoms with Crippen LogP contribution in [0.3, 0.4) is 0 Å². The van der Waals surface area contributed by atoms with E-state index in [9.17, 15) is 0 Å². The third kappa shape index (κ3) is 2.36. The summed E-state index contributed by atoms with van der Waals surface area (Å²) in [5, 5.41) is 18.5. The van der Waals surface area contributed by atoms with Crippen LogP contribution in [-0.2, 0) is 0 Å². The summed E-state index contributed by atoms with van der Waals surface area (Å²) in [5.41, 5.74) is 0.655. The van der Waals surface area contributed by atoms with Crippen molar-refractivity contribution < 1.29 is 0 Å². The van der Waals surface area contributed by atoms with E-state index in [0.29, 0.717) is 21.2 Å². The maximum atomic E-state index is 8.76. The van der Waals surface area contributed by atoms with E-state index in [-0.39, 0.29) is 0 Å². The lowest BCUT2D eigenvalue weighted by molar-refractivity contribution is 1.37. The Hall–Kier alpha value is -0.810. The molecule has 0 spiro atoms. The molecule has 0 bridgehead atoms. The monoisotopic (exact) mass is 240 g/mol. The first-order chi connectivity index (χ1) is 6.72. The van der Waals surface area contributed by atoms with Crippen molar-refractivity contribution in [2.75, 3.05) is 5.08 Å². The zero-order valence-electron chi connectivity index (χ0n) is 6.99. The van der Waals surface area contributed by atoms with Gasteiger partial charge in [0.2, 0.25) is 0 Å². The molecule has 14 heavy (non-hydrogen) atoms. The fourth-order valence-corrected chi connectivity index (χ4v) is 2.20. The highest BCUT2D eigenvalue weighted by molar-refractivity contribution is 8.09. The molecule has 0 aliphatic carbocycles. The number of nitriles is 2. The molecule has 0 saturated carbocycles. The standard InChI is InChI=1S/C9H5ClN2S2/c10-8-1-6(3-11)7(4-12)2-9(8)14-5-13/h1-2,13H,5H2. The van der Waals surface area contributed by atoms with Crippen LogP contribution in [0.4, 0.5) is 0 Å². The van der Waals surface area contributed by atoms with Gasteiger partial charge in [-0.1, -0.05) is 11.6 Å². The van der Waals surface area contributed by atoms with Crippen molar-refractivity contribution in [1.82, 2.24) is 0 Å². The highest BCUT2D eigenvalue weighted by atomic mass is 35.5. The van der Waals surface area contributed by atoms with E-state index in [2.05, 4.69) is 12.6 Å². The van der Waals surface area contributed by atoms with Crippen LogP contribution < -0.4 is 0 Å². The van der Waals surface area contributed by atoms with Gasteiger partial charge in [-0.2, -0.15) is 23.2 Å². The molecule has 0 unspecified atom stereocenters. The van der Waals surface area contributed by atoms with E-state index in [4.69, 9.17) is 22.1 Å². The third-order valence-corrected chi connectivity index (χ3v) is 3.12. The lowest BCUT2D eigenvalue weighted by Gasteiger charge is -2.03. The first-order valence-corrected chi connectivity index (χ1v) is 5.60. The molecule has 0 aliphatic rings. The van der Waals surface area contributed by atoms with Crippen LogP contribution in [0.25, 0.3) is 0 Å². The molecule has 1 aromatic rings. The summed E-state index contributed by atoms with van der Waals surface area (Å²) in [6.07, 6.45) is 0. The molecule has 5 heteroatoms. The van der Waals surface area contributed by atoms with Gasteiger partial charge in [-0.15, -0.1) is 11.8 Å². The highest BCUT2D eigenvalue weighted by Crippen LogP contribution is 2.30. The summed E-state index contributed by atoms with van der Waals surface area (Å²) < 4.78 is 0. The summed E-state index contributed by atoms with van der Waals surface area (Å²) in [6.45, 7) is 0. The van der Waals surface area contributed by atoms with Crippen molar-refractivity contribution in [3.8, 4) is 12.1 Å². The van der Waals surface area contributed by atoms with Gasteiger partial charge in [-0.3, -0.25) is 0 Å². The Balaban J connectivity index is 3.27. The second-order valence-electron chi connectivity index (χ2n) is 2.33. The fraction of sp³-hybridized carbons (Fsp3) is 0.111. The number of halogens is 1. The minimum absolute atomic E-state index is 0.306. The Kier molecular flexibility index (Phi) is 4.16. The molecule has 0 radical (unpaired) electrons. The predicted octanol–water partition coefficient (Wildman–Crippen LogP) is 3.06. The molecule has 0 fully saturated rings. The molecular weight excluding hydrogens is 236 g/mol. The second-order valence-corrected chi connectivity index (χ2v) is 4.49. The minimum atomic E-state index is 0.306. The van der Waals surface area contributed by atoms with Crippen LogP contribution >= 0.6 is 36.0 Å². The lowest BCUT2D eigenvalue weighted by atomic mass is 10.1. The van der Waals surface area contributed by atoms with Crippen molar-refractivity contribution in [2.24, 2.45) is 0 Å². The third-order valence-electron chi connectivity index (χ3n) is 1.53. The van der Waals surface area contributed by atoms with E-state index < -0.39 is 0 Å². The van der Waals surface area contributed by atoms with Crippen LogP contribution in [-0.4, -0.2) is 5.08 Å². The maximum Gasteiger partial charge on any atom is 0.101 e. The molecule has 70 valence electrons. The van der Waals surface area contributed by atoms with Gasteiger partial charge in [0.15, 0.2) is 0 Å². The van der Waals surface area contributed by atoms with Crippen molar-refractivity contribution in [3.63, 3.8) is 0 Å². The van der Waals surface area contributed by atoms with Crippen molar-refractivity contribution in [1.29, 1.82) is 10.5 Å². The molecule has 0 saturated heterocycles. The van der Waals surface area contributed by atoms with Gasteiger partial charge >= 0.3 is 0 Å². The van der Waals surface area contributed by atoms with Gasteiger partial charge in [0, 0.05) is 9.98 Å². The second kappa shape index (κ2) is 5.17. The van der Waals surface area contributed by atoms with E-state index >= 15 is 0 Å². The van der Waals surface area contributed by atoms with E-state index in [1.54, 1.807) is 6.07 Å². The number of thiol groups is 1. The summed E-state index contributed by atoms with van der Waals surface area (Å²) in [6, 6.07) is 6.99. The zero-order valence-corrected chi connectivity index (χ0v) is 9.46. The minimum Gasteiger partial charge on any atom is -0.192 e. The Morgan fingerprint density at radius 2 is 1.86 bits per heavy atom. The first kappa shape index (κ1) is 11.3. The molecule has 0 atom stereocenters. The summed E-state index contributed by atoms with van der Waals surface area (Å²) in [7, 11) is 0. The topological polar surface area (TPSA) is 47.6 Å².